The number of ether oxygens (including phenoxy) is 1. The molecule has 180 valence electrons. The Hall–Kier alpha value is -3.02. The van der Waals surface area contributed by atoms with Gasteiger partial charge in [0.25, 0.3) is 0 Å². The summed E-state index contributed by atoms with van der Waals surface area (Å²) in [6.45, 7) is 6.20. The average molecular weight is 466 g/mol. The molecule has 2 aliphatic rings. The summed E-state index contributed by atoms with van der Waals surface area (Å²) in [7, 11) is 0. The highest BCUT2D eigenvalue weighted by atomic mass is 19.1. The van der Waals surface area contributed by atoms with Crippen LogP contribution in [0.1, 0.15) is 92.4 Å². The molecule has 3 atom stereocenters. The molecule has 1 aliphatic carbocycles. The molecule has 4 rings (SSSR count). The van der Waals surface area contributed by atoms with Crippen LogP contribution < -0.4 is 0 Å². The van der Waals surface area contributed by atoms with Gasteiger partial charge in [0.1, 0.15) is 18.0 Å². The summed E-state index contributed by atoms with van der Waals surface area (Å²) in [5.74, 6) is -0.783. The van der Waals surface area contributed by atoms with Crippen LogP contribution in [0.15, 0.2) is 42.5 Å². The van der Waals surface area contributed by atoms with Crippen molar-refractivity contribution in [1.82, 2.24) is 4.90 Å². The molecule has 34 heavy (non-hydrogen) atoms. The highest BCUT2D eigenvalue weighted by Gasteiger charge is 2.50. The molecular formula is C28H32FNO4. The molecule has 1 fully saturated rings. The lowest BCUT2D eigenvalue weighted by Crippen LogP contribution is -2.34. The van der Waals surface area contributed by atoms with Crippen LogP contribution in [0.2, 0.25) is 0 Å². The molecule has 1 heterocycles. The largest absolute Gasteiger partial charge is 0.443 e. The van der Waals surface area contributed by atoms with Gasteiger partial charge in [-0.2, -0.15) is 0 Å². The van der Waals surface area contributed by atoms with Gasteiger partial charge >= 0.3 is 6.09 Å². The smallest absolute Gasteiger partial charge is 0.417 e. The van der Waals surface area contributed by atoms with Crippen molar-refractivity contribution in [2.24, 2.45) is 0 Å². The van der Waals surface area contributed by atoms with Crippen LogP contribution >= 0.6 is 0 Å². The number of ketones is 1. The van der Waals surface area contributed by atoms with Gasteiger partial charge in [-0.15, -0.1) is 0 Å². The van der Waals surface area contributed by atoms with E-state index in [4.69, 9.17) is 4.74 Å². The van der Waals surface area contributed by atoms with Crippen molar-refractivity contribution in [3.63, 3.8) is 0 Å². The van der Waals surface area contributed by atoms with E-state index in [9.17, 15) is 18.8 Å². The van der Waals surface area contributed by atoms with Gasteiger partial charge in [0.2, 0.25) is 5.91 Å². The Kier molecular flexibility index (Phi) is 6.87. The summed E-state index contributed by atoms with van der Waals surface area (Å²) < 4.78 is 19.6. The van der Waals surface area contributed by atoms with Crippen LogP contribution in [0.3, 0.4) is 0 Å². The van der Waals surface area contributed by atoms with Crippen LogP contribution in [0.5, 0.6) is 0 Å². The minimum atomic E-state index is -0.611. The Labute approximate surface area is 200 Å². The molecular weight excluding hydrogens is 433 g/mol. The van der Waals surface area contributed by atoms with Crippen molar-refractivity contribution in [2.75, 3.05) is 0 Å². The fourth-order valence-corrected chi connectivity index (χ4v) is 5.47. The van der Waals surface area contributed by atoms with Gasteiger partial charge in [-0.3, -0.25) is 9.59 Å². The zero-order valence-electron chi connectivity index (χ0n) is 20.1. The number of halogens is 1. The van der Waals surface area contributed by atoms with Crippen molar-refractivity contribution in [1.29, 1.82) is 0 Å². The Morgan fingerprint density at radius 1 is 1.15 bits per heavy atom. The summed E-state index contributed by atoms with van der Waals surface area (Å²) in [5.41, 5.74) is 3.02. The molecule has 5 nitrogen and oxygen atoms in total. The van der Waals surface area contributed by atoms with Crippen LogP contribution in [0, 0.1) is 5.82 Å². The number of hydrogen-bond acceptors (Lipinski definition) is 4. The minimum absolute atomic E-state index is 0.0722. The Morgan fingerprint density at radius 3 is 2.65 bits per heavy atom. The zero-order valence-corrected chi connectivity index (χ0v) is 20.1. The van der Waals surface area contributed by atoms with Gasteiger partial charge in [0, 0.05) is 24.8 Å². The van der Waals surface area contributed by atoms with Crippen molar-refractivity contribution in [2.45, 2.75) is 83.3 Å². The standard InChI is InChI=1S/C28H32FNO4/c1-4-15-28(3,5-2)22-17-19(29)13-14-21(22)23(31)11-8-12-25(32)30-26-20-10-7-6-9-18(20)16-24(26)34-27(30)33/h6-7,9-10,13-14,17,24,26H,4-5,8,11-12,15-16H2,1-3H3. The predicted octanol–water partition coefficient (Wildman–Crippen LogP) is 6.29. The first-order valence-corrected chi connectivity index (χ1v) is 12.2. The maximum atomic E-state index is 14.1. The number of amides is 2. The Morgan fingerprint density at radius 2 is 1.91 bits per heavy atom. The number of fused-ring (bicyclic) bond motifs is 3. The number of carbonyl (C=O) groups is 3. The first-order chi connectivity index (χ1) is 16.3. The number of imide groups is 1. The van der Waals surface area contributed by atoms with Crippen LogP contribution in [0.25, 0.3) is 0 Å². The minimum Gasteiger partial charge on any atom is -0.443 e. The van der Waals surface area contributed by atoms with E-state index in [2.05, 4.69) is 20.8 Å². The normalized spacial score (nSPS) is 20.5. The van der Waals surface area contributed by atoms with E-state index in [-0.39, 0.29) is 41.9 Å². The Balaban J connectivity index is 1.44. The second-order valence-corrected chi connectivity index (χ2v) is 9.66. The summed E-state index contributed by atoms with van der Waals surface area (Å²) in [6.07, 6.45) is 2.77. The lowest BCUT2D eigenvalue weighted by atomic mass is 9.73. The first-order valence-electron chi connectivity index (χ1n) is 12.2. The van der Waals surface area contributed by atoms with Gasteiger partial charge in [0.05, 0.1) is 0 Å². The number of rotatable bonds is 9. The molecule has 0 spiro atoms. The molecule has 0 N–H and O–H groups in total. The number of carbonyl (C=O) groups excluding carboxylic acids is 3. The SMILES string of the molecule is CCCC(C)(CC)c1cc(F)ccc1C(=O)CCCC(=O)N1C(=O)OC2Cc3ccccc3C21. The zero-order chi connectivity index (χ0) is 24.5. The van der Waals surface area contributed by atoms with E-state index >= 15 is 0 Å². The van der Waals surface area contributed by atoms with Gasteiger partial charge in [-0.1, -0.05) is 51.5 Å². The van der Waals surface area contributed by atoms with Gasteiger partial charge < -0.3 is 4.74 Å². The van der Waals surface area contributed by atoms with E-state index in [1.54, 1.807) is 6.07 Å². The lowest BCUT2D eigenvalue weighted by Gasteiger charge is -2.30. The highest BCUT2D eigenvalue weighted by Crippen LogP contribution is 2.43. The average Bonchev–Trinajstić information content (AvgIpc) is 3.33. The summed E-state index contributed by atoms with van der Waals surface area (Å²) >= 11 is 0. The number of hydrogen-bond donors (Lipinski definition) is 0. The molecule has 0 bridgehead atoms. The van der Waals surface area contributed by atoms with Crippen LogP contribution in [-0.2, 0) is 21.4 Å². The maximum Gasteiger partial charge on any atom is 0.417 e. The lowest BCUT2D eigenvalue weighted by molar-refractivity contribution is -0.129. The van der Waals surface area contributed by atoms with E-state index in [1.165, 1.54) is 17.0 Å². The van der Waals surface area contributed by atoms with Gasteiger partial charge in [-0.05, 0) is 59.6 Å². The molecule has 0 aromatic heterocycles. The summed E-state index contributed by atoms with van der Waals surface area (Å²) in [4.78, 5) is 39.8. The number of nitrogens with zero attached hydrogens (tertiary/aromatic N) is 1. The fourth-order valence-electron chi connectivity index (χ4n) is 5.47. The molecule has 2 aromatic rings. The van der Waals surface area contributed by atoms with E-state index < -0.39 is 12.1 Å². The Bertz CT molecular complexity index is 1110. The summed E-state index contributed by atoms with van der Waals surface area (Å²) in [6, 6.07) is 11.7. The second-order valence-electron chi connectivity index (χ2n) is 9.66. The third-order valence-electron chi connectivity index (χ3n) is 7.45. The fraction of sp³-hybridized carbons (Fsp3) is 0.464. The predicted molar refractivity (Wildman–Crippen MR) is 127 cm³/mol. The summed E-state index contributed by atoms with van der Waals surface area (Å²) in [5, 5.41) is 0. The van der Waals surface area contributed by atoms with E-state index in [1.807, 2.05) is 24.3 Å². The van der Waals surface area contributed by atoms with Crippen molar-refractivity contribution in [3.05, 3.63) is 70.5 Å². The topological polar surface area (TPSA) is 63.7 Å². The number of benzene rings is 2. The molecule has 1 aliphatic heterocycles. The molecule has 0 saturated carbocycles. The third-order valence-corrected chi connectivity index (χ3v) is 7.45. The molecule has 3 unspecified atom stereocenters. The van der Waals surface area contributed by atoms with Crippen molar-refractivity contribution >= 4 is 17.8 Å². The number of Topliss-reactive ketones (excluding diaryl/α,β-unsaturated/α-hetero) is 1. The van der Waals surface area contributed by atoms with Crippen LogP contribution in [0.4, 0.5) is 9.18 Å². The quantitative estimate of drug-likeness (QED) is 0.408. The molecule has 1 saturated heterocycles. The van der Waals surface area contributed by atoms with E-state index in [0.29, 0.717) is 18.4 Å². The second kappa shape index (κ2) is 9.69. The first kappa shape index (κ1) is 24.1. The maximum absolute atomic E-state index is 14.1. The van der Waals surface area contributed by atoms with Crippen molar-refractivity contribution in [3.8, 4) is 0 Å². The molecule has 0 radical (unpaired) electrons. The molecule has 2 amide bonds. The highest BCUT2D eigenvalue weighted by molar-refractivity contribution is 5.98. The van der Waals surface area contributed by atoms with Gasteiger partial charge in [-0.25, -0.2) is 14.1 Å². The molecule has 2 aromatic carbocycles. The third kappa shape index (κ3) is 4.38. The monoisotopic (exact) mass is 465 g/mol. The molecule has 6 heteroatoms. The van der Waals surface area contributed by atoms with Crippen LogP contribution in [-0.4, -0.2) is 28.8 Å². The van der Waals surface area contributed by atoms with Crippen molar-refractivity contribution < 1.29 is 23.5 Å². The van der Waals surface area contributed by atoms with E-state index in [0.717, 1.165) is 36.0 Å². The van der Waals surface area contributed by atoms with Gasteiger partial charge in [0.15, 0.2) is 5.78 Å².